The Kier molecular flexibility index (Phi) is 10.3. The fourth-order valence-corrected chi connectivity index (χ4v) is 10.6. The molecule has 0 atom stereocenters. The fraction of sp³-hybridized carbons (Fsp3) is 0.0769. The molecule has 1 N–H and O–H groups in total. The minimum Gasteiger partial charge on any atom is -0.507 e. The van der Waals surface area contributed by atoms with Crippen LogP contribution in [-0.2, 0) is 12.0 Å². The third-order valence-electron chi connectivity index (χ3n) is 14.0. The first-order chi connectivity index (χ1) is 33.8. The van der Waals surface area contributed by atoms with Gasteiger partial charge in [0.15, 0.2) is 0 Å². The summed E-state index contributed by atoms with van der Waals surface area (Å²) < 4.78 is 2.52. The van der Waals surface area contributed by atoms with Crippen LogP contribution >= 0.6 is 0 Å². The molecule has 3 aromatic heterocycles. The van der Waals surface area contributed by atoms with Crippen molar-refractivity contribution in [2.75, 3.05) is 0 Å². The highest BCUT2D eigenvalue weighted by Gasteiger charge is 2.36. The zero-order valence-corrected chi connectivity index (χ0v) is 38.9. The van der Waals surface area contributed by atoms with Crippen LogP contribution in [-0.4, -0.2) is 19.6 Å². The van der Waals surface area contributed by atoms with E-state index in [0.717, 1.165) is 50.6 Å². The Morgan fingerprint density at radius 3 is 1.74 bits per heavy atom. The van der Waals surface area contributed by atoms with Crippen molar-refractivity contribution in [2.45, 2.75) is 32.7 Å². The molecule has 1 aliphatic rings. The Labute approximate surface area is 403 Å². The third kappa shape index (κ3) is 7.51. The topological polar surface area (TPSA) is 50.9 Å². The predicted octanol–water partition coefficient (Wildman–Crippen LogP) is 16.5. The predicted molar refractivity (Wildman–Crippen MR) is 285 cm³/mol. The Balaban J connectivity index is 1.07. The summed E-state index contributed by atoms with van der Waals surface area (Å²) in [4.78, 5) is 10.4. The van der Waals surface area contributed by atoms with E-state index in [-0.39, 0.29) is 11.2 Å². The van der Waals surface area contributed by atoms with E-state index < -0.39 is 0 Å². The van der Waals surface area contributed by atoms with Crippen molar-refractivity contribution in [3.8, 4) is 95.3 Å². The largest absolute Gasteiger partial charge is 0.507 e. The molecule has 0 aliphatic heterocycles. The lowest BCUT2D eigenvalue weighted by Gasteiger charge is -2.22. The molecule has 0 radical (unpaired) electrons. The fourth-order valence-electron chi connectivity index (χ4n) is 10.6. The molecule has 11 aromatic rings. The lowest BCUT2D eigenvalue weighted by molar-refractivity contribution is 0.477. The highest BCUT2D eigenvalue weighted by atomic mass is 16.3. The summed E-state index contributed by atoms with van der Waals surface area (Å²) in [6.45, 7) is 7.52. The van der Waals surface area contributed by atoms with Crippen molar-refractivity contribution >= 4 is 10.9 Å². The van der Waals surface area contributed by atoms with Crippen molar-refractivity contribution in [3.05, 3.63) is 247 Å². The molecular formula is C65H49N3O. The molecular weight excluding hydrogens is 839 g/mol. The molecule has 3 heterocycles. The number of nitrogens with zero attached hydrogens (tertiary/aromatic N) is 3. The third-order valence-corrected chi connectivity index (χ3v) is 14.0. The van der Waals surface area contributed by atoms with Gasteiger partial charge in [0.25, 0.3) is 0 Å². The molecule has 12 rings (SSSR count). The van der Waals surface area contributed by atoms with Crippen LogP contribution in [0, 0.1) is 6.92 Å². The molecule has 330 valence electrons. The summed E-state index contributed by atoms with van der Waals surface area (Å²) in [5.41, 5.74) is 22.6. The molecule has 0 fully saturated rings. The summed E-state index contributed by atoms with van der Waals surface area (Å²) in [7, 11) is 0. The standard InChI is InChI=1S/C65H49N3O/c1-42-34-51(40-58(66-42)47-24-17-25-48(35-47)59-38-50(45-22-11-6-12-23-45)39-60(67-59)54-27-14-16-29-62(54)69)64-63(49-30-32-53-52-26-13-15-28-56(52)65(2,3)57(53)37-49)55-36-46(44-20-9-5-10-21-44)31-33-61(55)68(64)41-43-18-7-4-8-19-43/h4-40,69H,41H2,1-3H3. The van der Waals surface area contributed by atoms with Crippen LogP contribution in [0.5, 0.6) is 5.75 Å². The molecule has 0 bridgehead atoms. The minimum absolute atomic E-state index is 0.164. The molecule has 0 spiro atoms. The maximum absolute atomic E-state index is 11.0. The lowest BCUT2D eigenvalue weighted by atomic mass is 9.81. The first-order valence-corrected chi connectivity index (χ1v) is 23.7. The number of hydrogen-bond donors (Lipinski definition) is 1. The number of aromatic hydroxyl groups is 1. The SMILES string of the molecule is Cc1cc(-c2c(-c3ccc4c(c3)C(C)(C)c3ccccc3-4)c3cc(-c4ccccc4)ccc3n2Cc2ccccc2)cc(-c2cccc(-c3cc(-c4ccccc4)cc(-c4ccccc4O)n3)c2)n1. The molecule has 4 nitrogen and oxygen atoms in total. The number of aryl methyl sites for hydroxylation is 1. The van der Waals surface area contributed by atoms with Gasteiger partial charge in [-0.15, -0.1) is 0 Å². The molecule has 0 amide bonds. The zero-order valence-electron chi connectivity index (χ0n) is 38.9. The average Bonchev–Trinajstić information content (AvgIpc) is 3.83. The molecule has 0 unspecified atom stereocenters. The van der Waals surface area contributed by atoms with Gasteiger partial charge in [0.05, 0.1) is 22.8 Å². The number of pyridine rings is 2. The van der Waals surface area contributed by atoms with E-state index in [1.165, 1.54) is 61.0 Å². The average molecular weight is 888 g/mol. The second-order valence-corrected chi connectivity index (χ2v) is 18.8. The van der Waals surface area contributed by atoms with E-state index in [1.54, 1.807) is 6.07 Å². The zero-order chi connectivity index (χ0) is 46.6. The summed E-state index contributed by atoms with van der Waals surface area (Å²) >= 11 is 0. The Hall–Kier alpha value is -8.60. The normalized spacial score (nSPS) is 12.5. The van der Waals surface area contributed by atoms with E-state index >= 15 is 0 Å². The lowest BCUT2D eigenvalue weighted by Crippen LogP contribution is -2.14. The number of para-hydroxylation sites is 1. The second-order valence-electron chi connectivity index (χ2n) is 18.8. The van der Waals surface area contributed by atoms with Gasteiger partial charge in [-0.1, -0.05) is 178 Å². The summed E-state index contributed by atoms with van der Waals surface area (Å²) in [6.07, 6.45) is 0. The number of hydrogen-bond acceptors (Lipinski definition) is 3. The van der Waals surface area contributed by atoms with E-state index in [0.29, 0.717) is 17.8 Å². The van der Waals surface area contributed by atoms with Gasteiger partial charge in [-0.3, -0.25) is 4.98 Å². The Bertz CT molecular complexity index is 3740. The Morgan fingerprint density at radius 2 is 1.00 bits per heavy atom. The van der Waals surface area contributed by atoms with Gasteiger partial charge in [0.2, 0.25) is 0 Å². The number of benzene rings is 8. The number of phenols is 1. The van der Waals surface area contributed by atoms with E-state index in [4.69, 9.17) is 9.97 Å². The van der Waals surface area contributed by atoms with Gasteiger partial charge in [-0.2, -0.15) is 0 Å². The van der Waals surface area contributed by atoms with Gasteiger partial charge < -0.3 is 9.67 Å². The highest BCUT2D eigenvalue weighted by Crippen LogP contribution is 2.51. The number of rotatable bonds is 9. The van der Waals surface area contributed by atoms with E-state index in [2.05, 4.69) is 207 Å². The van der Waals surface area contributed by atoms with Crippen LogP contribution in [0.25, 0.3) is 100 Å². The molecule has 8 aromatic carbocycles. The van der Waals surface area contributed by atoms with Crippen LogP contribution in [0.15, 0.2) is 224 Å². The first kappa shape index (κ1) is 41.8. The van der Waals surface area contributed by atoms with Crippen LogP contribution in [0.2, 0.25) is 0 Å². The minimum atomic E-state index is -0.164. The van der Waals surface area contributed by atoms with E-state index in [9.17, 15) is 5.11 Å². The monoisotopic (exact) mass is 887 g/mol. The van der Waals surface area contributed by atoms with Crippen molar-refractivity contribution < 1.29 is 5.11 Å². The van der Waals surface area contributed by atoms with Gasteiger partial charge in [-0.25, -0.2) is 4.98 Å². The van der Waals surface area contributed by atoms with Gasteiger partial charge in [0, 0.05) is 56.4 Å². The number of aromatic nitrogens is 3. The van der Waals surface area contributed by atoms with Gasteiger partial charge in [0.1, 0.15) is 5.75 Å². The summed E-state index contributed by atoms with van der Waals surface area (Å²) in [5.74, 6) is 0.195. The quantitative estimate of drug-likeness (QED) is 0.157. The molecule has 0 saturated carbocycles. The van der Waals surface area contributed by atoms with Gasteiger partial charge >= 0.3 is 0 Å². The molecule has 69 heavy (non-hydrogen) atoms. The molecule has 4 heteroatoms. The van der Waals surface area contributed by atoms with Crippen LogP contribution in [0.3, 0.4) is 0 Å². The molecule has 1 aliphatic carbocycles. The number of fused-ring (bicyclic) bond motifs is 4. The van der Waals surface area contributed by atoms with Crippen molar-refractivity contribution in [1.82, 2.24) is 14.5 Å². The smallest absolute Gasteiger partial charge is 0.124 e. The highest BCUT2D eigenvalue weighted by molar-refractivity contribution is 6.07. The maximum Gasteiger partial charge on any atom is 0.124 e. The summed E-state index contributed by atoms with van der Waals surface area (Å²) in [6, 6.07) is 79.6. The van der Waals surface area contributed by atoms with Crippen molar-refractivity contribution in [2.24, 2.45) is 0 Å². The van der Waals surface area contributed by atoms with Crippen LogP contribution in [0.4, 0.5) is 0 Å². The summed E-state index contributed by atoms with van der Waals surface area (Å²) in [5, 5.41) is 12.2. The Morgan fingerprint density at radius 1 is 0.420 bits per heavy atom. The molecule has 0 saturated heterocycles. The second kappa shape index (κ2) is 16.9. The van der Waals surface area contributed by atoms with Crippen LogP contribution < -0.4 is 0 Å². The maximum atomic E-state index is 11.0. The van der Waals surface area contributed by atoms with Gasteiger partial charge in [-0.05, 0) is 123 Å². The first-order valence-electron chi connectivity index (χ1n) is 23.7. The van der Waals surface area contributed by atoms with E-state index in [1.807, 2.05) is 36.4 Å². The van der Waals surface area contributed by atoms with Crippen LogP contribution in [0.1, 0.15) is 36.2 Å². The van der Waals surface area contributed by atoms with Crippen molar-refractivity contribution in [1.29, 1.82) is 0 Å². The number of phenolic OH excluding ortho intramolecular Hbond substituents is 1. The van der Waals surface area contributed by atoms with Crippen molar-refractivity contribution in [3.63, 3.8) is 0 Å².